The maximum Gasteiger partial charge on any atom is 1.00 e. The number of carboxylic acid groups (broad SMARTS) is 1. The minimum absolute atomic E-state index is 0. The molecule has 3 atom stereocenters. The number of aliphatic hydroxyl groups is 2. The van der Waals surface area contributed by atoms with E-state index in [0.717, 1.165) is 11.3 Å². The quantitative estimate of drug-likeness (QED) is 0.451. The van der Waals surface area contributed by atoms with Crippen molar-refractivity contribution in [2.45, 2.75) is 31.3 Å². The van der Waals surface area contributed by atoms with Crippen molar-refractivity contribution in [3.8, 4) is 5.75 Å². The Kier molecular flexibility index (Phi) is 9.94. The van der Waals surface area contributed by atoms with Crippen molar-refractivity contribution in [3.05, 3.63) is 29.8 Å². The molecule has 1 saturated heterocycles. The Labute approximate surface area is 184 Å². The van der Waals surface area contributed by atoms with Crippen LogP contribution in [-0.2, 0) is 16.1 Å². The van der Waals surface area contributed by atoms with Crippen molar-refractivity contribution >= 4 is 5.97 Å². The van der Waals surface area contributed by atoms with Gasteiger partial charge >= 0.3 is 51.4 Å². The van der Waals surface area contributed by atoms with Crippen LogP contribution in [0.5, 0.6) is 5.75 Å². The number of carbonyl (C=O) groups excluding carboxylic acids is 1. The number of carbonyl (C=O) groups is 1. The summed E-state index contributed by atoms with van der Waals surface area (Å²) < 4.78 is 10.5. The number of nitrogens with zero attached hydrogens (tertiary/aromatic N) is 1. The molecule has 24 heavy (non-hydrogen) atoms. The second-order valence-electron chi connectivity index (χ2n) is 5.70. The van der Waals surface area contributed by atoms with Crippen LogP contribution in [0.4, 0.5) is 0 Å². The first-order valence-electron chi connectivity index (χ1n) is 7.51. The second kappa shape index (κ2) is 10.8. The van der Waals surface area contributed by atoms with E-state index in [0.29, 0.717) is 6.61 Å². The molecule has 0 bridgehead atoms. The van der Waals surface area contributed by atoms with Crippen LogP contribution >= 0.6 is 0 Å². The van der Waals surface area contributed by atoms with Gasteiger partial charge in [-0.3, -0.25) is 4.90 Å². The normalized spacial score (nSPS) is 22.0. The molecule has 1 aliphatic heterocycles. The van der Waals surface area contributed by atoms with E-state index in [9.17, 15) is 20.1 Å². The zero-order valence-corrected chi connectivity index (χ0v) is 17.2. The van der Waals surface area contributed by atoms with Crippen LogP contribution in [0.15, 0.2) is 24.3 Å². The average Bonchev–Trinajstić information content (AvgIpc) is 2.88. The number of carboxylic acids is 1. The molecule has 7 nitrogen and oxygen atoms in total. The van der Waals surface area contributed by atoms with E-state index in [1.807, 2.05) is 24.3 Å². The van der Waals surface area contributed by atoms with Crippen molar-refractivity contribution in [3.63, 3.8) is 0 Å². The predicted molar refractivity (Wildman–Crippen MR) is 79.6 cm³/mol. The summed E-state index contributed by atoms with van der Waals surface area (Å²) in [6, 6.07) is 6.53. The van der Waals surface area contributed by atoms with Crippen molar-refractivity contribution < 1.29 is 81.0 Å². The summed E-state index contributed by atoms with van der Waals surface area (Å²) in [4.78, 5) is 12.5. The van der Waals surface area contributed by atoms with Gasteiger partial charge in [0.2, 0.25) is 0 Å². The third kappa shape index (κ3) is 6.70. The first-order chi connectivity index (χ1) is 11.0. The summed E-state index contributed by atoms with van der Waals surface area (Å²) in [5.41, 5.74) is 0.946. The first-order valence-corrected chi connectivity index (χ1v) is 7.51. The topological polar surface area (TPSA) is 102 Å². The van der Waals surface area contributed by atoms with Gasteiger partial charge in [-0.15, -0.1) is 0 Å². The van der Waals surface area contributed by atoms with E-state index in [4.69, 9.17) is 9.47 Å². The molecular formula is C16H22KNO6. The van der Waals surface area contributed by atoms with E-state index in [1.54, 1.807) is 7.11 Å². The maximum absolute atomic E-state index is 11.0. The number of aliphatic hydroxyl groups excluding tert-OH is 2. The van der Waals surface area contributed by atoms with Gasteiger partial charge in [0.25, 0.3) is 0 Å². The Bertz CT molecular complexity index is 512. The fourth-order valence-electron chi connectivity index (χ4n) is 2.68. The van der Waals surface area contributed by atoms with Gasteiger partial charge in [-0.1, -0.05) is 12.1 Å². The van der Waals surface area contributed by atoms with E-state index in [-0.39, 0.29) is 77.5 Å². The molecule has 2 N–H and O–H groups in total. The third-order valence-electron chi connectivity index (χ3n) is 3.84. The van der Waals surface area contributed by atoms with Gasteiger partial charge in [-0.05, 0) is 24.1 Å². The van der Waals surface area contributed by atoms with Gasteiger partial charge in [0, 0.05) is 13.1 Å². The smallest absolute Gasteiger partial charge is 0.548 e. The van der Waals surface area contributed by atoms with E-state index in [1.165, 1.54) is 4.90 Å². The molecular weight excluding hydrogens is 341 g/mol. The van der Waals surface area contributed by atoms with E-state index < -0.39 is 24.2 Å². The zero-order chi connectivity index (χ0) is 16.8. The molecule has 8 heteroatoms. The fraction of sp³-hybridized carbons (Fsp3) is 0.562. The van der Waals surface area contributed by atoms with Crippen LogP contribution < -0.4 is 61.2 Å². The summed E-state index contributed by atoms with van der Waals surface area (Å²) in [6.07, 6.45) is -1.41. The zero-order valence-electron chi connectivity index (χ0n) is 14.1. The van der Waals surface area contributed by atoms with Gasteiger partial charge < -0.3 is 29.6 Å². The number of benzene rings is 1. The van der Waals surface area contributed by atoms with Crippen molar-refractivity contribution in [1.29, 1.82) is 0 Å². The first kappa shape index (κ1) is 22.0. The summed E-state index contributed by atoms with van der Waals surface area (Å²) in [5.74, 6) is -0.470. The number of β-amino-alcohol motifs (C(OH)–C–C–N with tert-alkyl or cyclic N) is 2. The summed E-state index contributed by atoms with van der Waals surface area (Å²) in [6.45, 7) is 0.762. The molecule has 1 aliphatic rings. The summed E-state index contributed by atoms with van der Waals surface area (Å²) >= 11 is 0. The molecule has 0 spiro atoms. The molecule has 1 aromatic carbocycles. The summed E-state index contributed by atoms with van der Waals surface area (Å²) in [7, 11) is 1.59. The van der Waals surface area contributed by atoms with Gasteiger partial charge in [-0.25, -0.2) is 0 Å². The molecule has 1 aromatic rings. The van der Waals surface area contributed by atoms with Gasteiger partial charge in [0.05, 0.1) is 44.5 Å². The van der Waals surface area contributed by atoms with Crippen molar-refractivity contribution in [1.82, 2.24) is 4.90 Å². The molecule has 1 heterocycles. The Hall–Kier alpha value is -0.0336. The maximum atomic E-state index is 11.0. The van der Waals surface area contributed by atoms with E-state index in [2.05, 4.69) is 0 Å². The molecule has 0 aliphatic carbocycles. The van der Waals surface area contributed by atoms with Crippen LogP contribution in [0.25, 0.3) is 0 Å². The molecule has 1 fully saturated rings. The van der Waals surface area contributed by atoms with Crippen LogP contribution in [0.1, 0.15) is 12.0 Å². The molecule has 0 saturated carbocycles. The SMILES string of the molecule is COc1ccc(COCC(O)CN2C[C@@H](O)C[C@H]2C(=O)[O-])cc1.[K+]. The monoisotopic (exact) mass is 363 g/mol. The average molecular weight is 363 g/mol. The molecule has 0 aromatic heterocycles. The second-order valence-corrected chi connectivity index (χ2v) is 5.70. The number of aliphatic carboxylic acids is 1. The van der Waals surface area contributed by atoms with E-state index >= 15 is 0 Å². The van der Waals surface area contributed by atoms with Crippen molar-refractivity contribution in [2.75, 3.05) is 26.8 Å². The number of hydrogen-bond acceptors (Lipinski definition) is 7. The molecule has 128 valence electrons. The Balaban J connectivity index is 0.00000288. The minimum atomic E-state index is -1.23. The number of ether oxygens (including phenoxy) is 2. The molecule has 0 radical (unpaired) electrons. The standard InChI is InChI=1S/C16H23NO6.K/c1-22-14-4-2-11(3-5-14)9-23-10-13(19)8-17-7-12(18)6-15(17)16(20)21;/h2-5,12-13,15,18-19H,6-10H2,1H3,(H,20,21);/q;+1/p-1/t12-,13?,15-;/m0./s1. The Morgan fingerprint density at radius 3 is 2.67 bits per heavy atom. The molecule has 1 unspecified atom stereocenters. The van der Waals surface area contributed by atoms with Crippen LogP contribution in [0.2, 0.25) is 0 Å². The van der Waals surface area contributed by atoms with Crippen LogP contribution in [-0.4, -0.2) is 66.1 Å². The number of methoxy groups -OCH3 is 1. The number of rotatable bonds is 8. The summed E-state index contributed by atoms with van der Waals surface area (Å²) in [5, 5.41) is 30.5. The molecule has 0 amide bonds. The van der Waals surface area contributed by atoms with Crippen molar-refractivity contribution in [2.24, 2.45) is 0 Å². The van der Waals surface area contributed by atoms with Gasteiger partial charge in [0.15, 0.2) is 0 Å². The Morgan fingerprint density at radius 1 is 1.42 bits per heavy atom. The number of hydrogen-bond donors (Lipinski definition) is 2. The third-order valence-corrected chi connectivity index (χ3v) is 3.84. The largest absolute Gasteiger partial charge is 1.00 e. The van der Waals surface area contributed by atoms with Gasteiger partial charge in [-0.2, -0.15) is 0 Å². The number of likely N-dealkylation sites (tertiary alicyclic amines) is 1. The minimum Gasteiger partial charge on any atom is -0.548 e. The predicted octanol–water partition coefficient (Wildman–Crippen LogP) is -4.24. The fourth-order valence-corrected chi connectivity index (χ4v) is 2.68. The molecule has 2 rings (SSSR count). The Morgan fingerprint density at radius 2 is 2.08 bits per heavy atom. The van der Waals surface area contributed by atoms with Crippen LogP contribution in [0.3, 0.4) is 0 Å². The van der Waals surface area contributed by atoms with Crippen LogP contribution in [0, 0.1) is 0 Å². The van der Waals surface area contributed by atoms with Gasteiger partial charge in [0.1, 0.15) is 5.75 Å².